The summed E-state index contributed by atoms with van der Waals surface area (Å²) in [7, 11) is -0.904. The number of hydrogen-bond donors (Lipinski definition) is 0. The van der Waals surface area contributed by atoms with E-state index in [0.717, 1.165) is 18.4 Å². The molecule has 0 atom stereocenters. The van der Waals surface area contributed by atoms with Crippen molar-refractivity contribution in [2.45, 2.75) is 45.4 Å². The minimum absolute atomic E-state index is 0.246. The molecule has 0 aliphatic rings. The molecular weight excluding hydrogens is 292 g/mol. The normalized spacial score (nSPS) is 12.1. The van der Waals surface area contributed by atoms with Gasteiger partial charge >= 0.3 is 0 Å². The topological polar surface area (TPSA) is 9.23 Å². The van der Waals surface area contributed by atoms with Gasteiger partial charge in [-0.25, -0.2) is 0 Å². The molecule has 96 valence electrons. The molecule has 0 saturated heterocycles. The largest absolute Gasteiger partial charge is 0.416 e. The van der Waals surface area contributed by atoms with Gasteiger partial charge in [0.1, 0.15) is 0 Å². The Balaban J connectivity index is 2.67. The highest BCUT2D eigenvalue weighted by molar-refractivity contribution is 9.09. The van der Waals surface area contributed by atoms with Crippen LogP contribution in [0.25, 0.3) is 0 Å². The van der Waals surface area contributed by atoms with Crippen LogP contribution in [0.3, 0.4) is 0 Å². The fourth-order valence-corrected chi connectivity index (χ4v) is 3.21. The number of halogens is 1. The van der Waals surface area contributed by atoms with Crippen molar-refractivity contribution in [2.75, 3.05) is 5.33 Å². The summed E-state index contributed by atoms with van der Waals surface area (Å²) in [6, 6.07) is 8.87. The van der Waals surface area contributed by atoms with Crippen LogP contribution in [0.15, 0.2) is 24.3 Å². The van der Waals surface area contributed by atoms with Gasteiger partial charge in [0.05, 0.1) is 6.61 Å². The molecule has 1 nitrogen and oxygen atoms in total. The Morgan fingerprint density at radius 1 is 1.18 bits per heavy atom. The van der Waals surface area contributed by atoms with Crippen molar-refractivity contribution in [3.63, 3.8) is 0 Å². The Morgan fingerprint density at radius 3 is 2.24 bits per heavy atom. The first-order chi connectivity index (χ1) is 7.95. The molecule has 0 fully saturated rings. The molecule has 0 aliphatic heterocycles. The molecule has 0 aliphatic carbocycles. The van der Waals surface area contributed by atoms with Gasteiger partial charge in [-0.05, 0) is 36.1 Å². The molecule has 0 N–H and O–H groups in total. The second kappa shape index (κ2) is 6.71. The summed E-state index contributed by atoms with van der Waals surface area (Å²) in [5.74, 6) is 0. The molecule has 0 saturated carbocycles. The van der Waals surface area contributed by atoms with Gasteiger partial charge in [0, 0.05) is 5.33 Å². The van der Waals surface area contributed by atoms with Gasteiger partial charge in [0.15, 0.2) is 9.04 Å². The second-order valence-electron chi connectivity index (χ2n) is 5.38. The molecule has 17 heavy (non-hydrogen) atoms. The Kier molecular flexibility index (Phi) is 5.90. The molecule has 3 heteroatoms. The van der Waals surface area contributed by atoms with Crippen molar-refractivity contribution >= 4 is 25.0 Å². The van der Waals surface area contributed by atoms with Gasteiger partial charge in [-0.1, -0.05) is 54.0 Å². The van der Waals surface area contributed by atoms with Crippen molar-refractivity contribution in [1.29, 1.82) is 0 Å². The quantitative estimate of drug-likeness (QED) is 0.563. The summed E-state index contributed by atoms with van der Waals surface area (Å²) in [6.07, 6.45) is 1.15. The maximum Gasteiger partial charge on any atom is 0.171 e. The number of hydrogen-bond acceptors (Lipinski definition) is 1. The summed E-state index contributed by atoms with van der Waals surface area (Å²) in [5, 5.41) is 1.05. The summed E-state index contributed by atoms with van der Waals surface area (Å²) in [6.45, 7) is 9.76. The third-order valence-corrected chi connectivity index (χ3v) is 4.27. The van der Waals surface area contributed by atoms with Crippen molar-refractivity contribution in [3.05, 3.63) is 35.4 Å². The van der Waals surface area contributed by atoms with Crippen LogP contribution < -0.4 is 0 Å². The van der Waals surface area contributed by atoms with E-state index in [1.54, 1.807) is 0 Å². The maximum absolute atomic E-state index is 5.73. The van der Waals surface area contributed by atoms with Crippen LogP contribution in [-0.2, 0) is 16.4 Å². The molecule has 0 unspecified atom stereocenters. The third-order valence-electron chi connectivity index (χ3n) is 3.04. The van der Waals surface area contributed by atoms with E-state index in [1.165, 1.54) is 11.1 Å². The zero-order chi connectivity index (χ0) is 12.9. The lowest BCUT2D eigenvalue weighted by Gasteiger charge is -2.24. The number of rotatable bonds is 6. The smallest absolute Gasteiger partial charge is 0.171 e. The van der Waals surface area contributed by atoms with E-state index in [2.05, 4.69) is 67.1 Å². The van der Waals surface area contributed by atoms with Gasteiger partial charge in [0.2, 0.25) is 0 Å². The molecule has 1 aromatic carbocycles. The molecule has 0 amide bonds. The van der Waals surface area contributed by atoms with Crippen LogP contribution in [0.4, 0.5) is 0 Å². The zero-order valence-corrected chi connectivity index (χ0v) is 14.0. The Bertz CT molecular complexity index is 333. The first-order valence-corrected chi connectivity index (χ1v) is 10.1. The minimum atomic E-state index is -0.904. The number of benzene rings is 1. The van der Waals surface area contributed by atoms with E-state index in [4.69, 9.17) is 4.43 Å². The first-order valence-electron chi connectivity index (χ1n) is 6.22. The lowest BCUT2D eigenvalue weighted by molar-refractivity contribution is 0.314. The lowest BCUT2D eigenvalue weighted by atomic mass is 9.82. The zero-order valence-electron chi connectivity index (χ0n) is 11.3. The predicted octanol–water partition coefficient (Wildman–Crippen LogP) is 4.25. The summed E-state index contributed by atoms with van der Waals surface area (Å²) in [5.41, 5.74) is 2.93. The second-order valence-corrected chi connectivity index (χ2v) is 8.60. The van der Waals surface area contributed by atoms with Gasteiger partial charge < -0.3 is 4.43 Å². The molecule has 0 spiro atoms. The fourth-order valence-electron chi connectivity index (χ4n) is 1.70. The Hall–Kier alpha value is -0.123. The molecule has 0 aromatic heterocycles. The highest BCUT2D eigenvalue weighted by Gasteiger charge is 2.19. The van der Waals surface area contributed by atoms with Crippen LogP contribution in [0.5, 0.6) is 0 Å². The fraction of sp³-hybridized carbons (Fsp3) is 0.571. The van der Waals surface area contributed by atoms with Gasteiger partial charge in [0.25, 0.3) is 0 Å². The van der Waals surface area contributed by atoms with Crippen LogP contribution in [0.1, 0.15) is 31.4 Å². The van der Waals surface area contributed by atoms with E-state index in [1.807, 2.05) is 0 Å². The van der Waals surface area contributed by atoms with Crippen LogP contribution in [0, 0.1) is 0 Å². The molecule has 0 heterocycles. The standard InChI is InChI=1S/C14H23BrOSi/c1-14(2,9-10-15)13-7-5-12(6-8-13)11-16-17(3)4/h5-8,17H,9-11H2,1-4H3. The maximum atomic E-state index is 5.73. The summed E-state index contributed by atoms with van der Waals surface area (Å²) >= 11 is 3.52. The van der Waals surface area contributed by atoms with E-state index in [-0.39, 0.29) is 5.41 Å². The highest BCUT2D eigenvalue weighted by atomic mass is 79.9. The Morgan fingerprint density at radius 2 is 1.76 bits per heavy atom. The van der Waals surface area contributed by atoms with Gasteiger partial charge in [-0.15, -0.1) is 0 Å². The van der Waals surface area contributed by atoms with E-state index >= 15 is 0 Å². The van der Waals surface area contributed by atoms with Crippen LogP contribution in [0.2, 0.25) is 13.1 Å². The van der Waals surface area contributed by atoms with Crippen molar-refractivity contribution in [3.8, 4) is 0 Å². The Labute approximate surface area is 115 Å². The van der Waals surface area contributed by atoms with Crippen molar-refractivity contribution in [2.24, 2.45) is 0 Å². The monoisotopic (exact) mass is 314 g/mol. The molecular formula is C14H23BrOSi. The third kappa shape index (κ3) is 4.94. The number of alkyl halides is 1. The van der Waals surface area contributed by atoms with Crippen LogP contribution >= 0.6 is 15.9 Å². The average Bonchev–Trinajstić information content (AvgIpc) is 2.27. The average molecular weight is 315 g/mol. The summed E-state index contributed by atoms with van der Waals surface area (Å²) < 4.78 is 5.73. The first kappa shape index (κ1) is 14.9. The molecule has 1 aromatic rings. The highest BCUT2D eigenvalue weighted by Crippen LogP contribution is 2.27. The molecule has 0 bridgehead atoms. The van der Waals surface area contributed by atoms with Crippen molar-refractivity contribution < 1.29 is 4.43 Å². The predicted molar refractivity (Wildman–Crippen MR) is 81.5 cm³/mol. The van der Waals surface area contributed by atoms with Crippen LogP contribution in [-0.4, -0.2) is 14.4 Å². The van der Waals surface area contributed by atoms with Crippen molar-refractivity contribution in [1.82, 2.24) is 0 Å². The van der Waals surface area contributed by atoms with Gasteiger partial charge in [-0.2, -0.15) is 0 Å². The van der Waals surface area contributed by atoms with E-state index in [9.17, 15) is 0 Å². The molecule has 0 radical (unpaired) electrons. The minimum Gasteiger partial charge on any atom is -0.416 e. The summed E-state index contributed by atoms with van der Waals surface area (Å²) in [4.78, 5) is 0. The van der Waals surface area contributed by atoms with E-state index < -0.39 is 9.04 Å². The SMILES string of the molecule is C[SiH](C)OCc1ccc(C(C)(C)CCBr)cc1. The van der Waals surface area contributed by atoms with E-state index in [0.29, 0.717) is 0 Å². The molecule has 1 rings (SSSR count). The van der Waals surface area contributed by atoms with Gasteiger partial charge in [-0.3, -0.25) is 0 Å². The lowest BCUT2D eigenvalue weighted by Crippen LogP contribution is -2.17.